The highest BCUT2D eigenvalue weighted by molar-refractivity contribution is 5.64. The summed E-state index contributed by atoms with van der Waals surface area (Å²) in [6.45, 7) is 4.39. The van der Waals surface area contributed by atoms with E-state index in [1.807, 2.05) is 0 Å². The van der Waals surface area contributed by atoms with Gasteiger partial charge in [0, 0.05) is 0 Å². The van der Waals surface area contributed by atoms with Crippen molar-refractivity contribution >= 4 is 0 Å². The van der Waals surface area contributed by atoms with Gasteiger partial charge in [0.25, 0.3) is 0 Å². The van der Waals surface area contributed by atoms with Crippen LogP contribution in [0, 0.1) is 5.92 Å². The Hall–Kier alpha value is -1.82. The molecule has 28 heavy (non-hydrogen) atoms. The summed E-state index contributed by atoms with van der Waals surface area (Å²) in [4.78, 5) is 0. The van der Waals surface area contributed by atoms with E-state index in [2.05, 4.69) is 74.5 Å². The van der Waals surface area contributed by atoms with Gasteiger partial charge in [-0.05, 0) is 79.5 Å². The molecule has 1 saturated carbocycles. The lowest BCUT2D eigenvalue weighted by molar-refractivity contribution is 0.303. The predicted octanol–water partition coefficient (Wildman–Crippen LogP) is 8.72. The first-order valence-electron chi connectivity index (χ1n) is 11.6. The summed E-state index contributed by atoms with van der Waals surface area (Å²) >= 11 is 0. The van der Waals surface area contributed by atoms with Gasteiger partial charge in [-0.3, -0.25) is 0 Å². The fraction of sp³-hybridized carbons (Fsp3) is 0.500. The fourth-order valence-corrected chi connectivity index (χ4v) is 4.70. The Morgan fingerprint density at radius 1 is 0.821 bits per heavy atom. The van der Waals surface area contributed by atoms with Crippen molar-refractivity contribution in [2.75, 3.05) is 0 Å². The SMILES string of the molecule is C/C=C/CCc1ccc(-c2ccc(C3CCC(CCCCC)CC3)cc2)cc1. The van der Waals surface area contributed by atoms with E-state index < -0.39 is 0 Å². The number of unbranched alkanes of at least 4 members (excludes halogenated alkanes) is 2. The van der Waals surface area contributed by atoms with Gasteiger partial charge in [0.2, 0.25) is 0 Å². The first-order chi connectivity index (χ1) is 13.8. The largest absolute Gasteiger partial charge is 0.0917 e. The molecule has 0 aromatic heterocycles. The van der Waals surface area contributed by atoms with Crippen LogP contribution in [0.15, 0.2) is 60.7 Å². The van der Waals surface area contributed by atoms with Crippen LogP contribution in [0.5, 0.6) is 0 Å². The van der Waals surface area contributed by atoms with Gasteiger partial charge in [0.05, 0.1) is 0 Å². The molecule has 0 unspecified atom stereocenters. The zero-order valence-electron chi connectivity index (χ0n) is 18.0. The molecule has 150 valence electrons. The summed E-state index contributed by atoms with van der Waals surface area (Å²) in [6.07, 6.45) is 17.9. The van der Waals surface area contributed by atoms with Crippen molar-refractivity contribution in [3.8, 4) is 11.1 Å². The van der Waals surface area contributed by atoms with E-state index in [1.165, 1.54) is 68.1 Å². The Kier molecular flexibility index (Phi) is 8.40. The van der Waals surface area contributed by atoms with Gasteiger partial charge in [0.1, 0.15) is 0 Å². The molecule has 0 heteroatoms. The average Bonchev–Trinajstić information content (AvgIpc) is 2.75. The molecule has 0 amide bonds. The van der Waals surface area contributed by atoms with Crippen molar-refractivity contribution in [1.29, 1.82) is 0 Å². The number of aryl methyl sites for hydroxylation is 1. The standard InChI is InChI=1S/C28H38/c1-3-5-7-9-23-11-15-25(16-12-23)27-19-21-28(22-20-27)26-17-13-24(14-18-26)10-8-6-4-2/h3,5,11-12,15-16,19-22,24,26H,4,6-10,13-14,17-18H2,1-2H3/b5-3+. The molecule has 0 atom stereocenters. The lowest BCUT2D eigenvalue weighted by Crippen LogP contribution is -2.13. The van der Waals surface area contributed by atoms with E-state index in [-0.39, 0.29) is 0 Å². The Morgan fingerprint density at radius 3 is 2.07 bits per heavy atom. The normalized spacial score (nSPS) is 19.9. The maximum Gasteiger partial charge on any atom is -0.0162 e. The van der Waals surface area contributed by atoms with Crippen LogP contribution < -0.4 is 0 Å². The van der Waals surface area contributed by atoms with E-state index >= 15 is 0 Å². The summed E-state index contributed by atoms with van der Waals surface area (Å²) in [5, 5.41) is 0. The molecule has 0 heterocycles. The monoisotopic (exact) mass is 374 g/mol. The summed E-state index contributed by atoms with van der Waals surface area (Å²) in [6, 6.07) is 18.6. The van der Waals surface area contributed by atoms with Crippen molar-refractivity contribution in [3.63, 3.8) is 0 Å². The van der Waals surface area contributed by atoms with Gasteiger partial charge in [-0.15, -0.1) is 0 Å². The van der Waals surface area contributed by atoms with Crippen LogP contribution in [0.3, 0.4) is 0 Å². The molecule has 1 aliphatic carbocycles. The summed E-state index contributed by atoms with van der Waals surface area (Å²) in [5.74, 6) is 1.78. The van der Waals surface area contributed by atoms with Gasteiger partial charge in [0.15, 0.2) is 0 Å². The third-order valence-electron chi connectivity index (χ3n) is 6.57. The molecular formula is C28H38. The maximum absolute atomic E-state index is 2.39. The molecule has 3 rings (SSSR count). The Morgan fingerprint density at radius 2 is 1.46 bits per heavy atom. The molecule has 2 aromatic rings. The Labute approximate surface area is 173 Å². The first-order valence-corrected chi connectivity index (χ1v) is 11.6. The molecule has 0 saturated heterocycles. The molecule has 0 aliphatic heterocycles. The van der Waals surface area contributed by atoms with E-state index in [9.17, 15) is 0 Å². The van der Waals surface area contributed by atoms with Crippen LogP contribution in [0.1, 0.15) is 88.7 Å². The van der Waals surface area contributed by atoms with E-state index in [1.54, 1.807) is 5.56 Å². The molecule has 0 bridgehead atoms. The van der Waals surface area contributed by atoms with Gasteiger partial charge >= 0.3 is 0 Å². The highest BCUT2D eigenvalue weighted by Crippen LogP contribution is 2.38. The average molecular weight is 375 g/mol. The van der Waals surface area contributed by atoms with Crippen LogP contribution in [0.4, 0.5) is 0 Å². The van der Waals surface area contributed by atoms with Crippen molar-refractivity contribution in [3.05, 3.63) is 71.8 Å². The first kappa shape index (κ1) is 20.9. The summed E-state index contributed by atoms with van der Waals surface area (Å²) < 4.78 is 0. The van der Waals surface area contributed by atoms with Crippen LogP contribution in [-0.2, 0) is 6.42 Å². The van der Waals surface area contributed by atoms with E-state index in [4.69, 9.17) is 0 Å². The summed E-state index contributed by atoms with van der Waals surface area (Å²) in [7, 11) is 0. The molecule has 0 radical (unpaired) electrons. The van der Waals surface area contributed by atoms with Crippen LogP contribution in [0.2, 0.25) is 0 Å². The number of allylic oxidation sites excluding steroid dienone is 2. The topological polar surface area (TPSA) is 0 Å². The lowest BCUT2D eigenvalue weighted by Gasteiger charge is -2.29. The quantitative estimate of drug-likeness (QED) is 0.304. The van der Waals surface area contributed by atoms with Crippen molar-refractivity contribution in [1.82, 2.24) is 0 Å². The highest BCUT2D eigenvalue weighted by atomic mass is 14.3. The minimum atomic E-state index is 0.783. The van der Waals surface area contributed by atoms with Crippen LogP contribution in [-0.4, -0.2) is 0 Å². The molecule has 1 fully saturated rings. The molecule has 0 spiro atoms. The fourth-order valence-electron chi connectivity index (χ4n) is 4.70. The Bertz CT molecular complexity index is 697. The second-order valence-corrected chi connectivity index (χ2v) is 8.64. The van der Waals surface area contributed by atoms with Crippen LogP contribution in [0.25, 0.3) is 11.1 Å². The van der Waals surface area contributed by atoms with Crippen molar-refractivity contribution in [2.24, 2.45) is 5.92 Å². The zero-order valence-corrected chi connectivity index (χ0v) is 18.0. The van der Waals surface area contributed by atoms with Gasteiger partial charge in [-0.25, -0.2) is 0 Å². The smallest absolute Gasteiger partial charge is 0.0162 e. The van der Waals surface area contributed by atoms with E-state index in [0.717, 1.165) is 24.7 Å². The van der Waals surface area contributed by atoms with Gasteiger partial charge in [-0.1, -0.05) is 93.3 Å². The molecule has 0 nitrogen and oxygen atoms in total. The predicted molar refractivity (Wildman–Crippen MR) is 124 cm³/mol. The molecule has 2 aromatic carbocycles. The third-order valence-corrected chi connectivity index (χ3v) is 6.57. The molecule has 0 N–H and O–H groups in total. The lowest BCUT2D eigenvalue weighted by atomic mass is 9.77. The third kappa shape index (κ3) is 6.09. The second kappa shape index (κ2) is 11.2. The number of benzene rings is 2. The molecular weight excluding hydrogens is 336 g/mol. The second-order valence-electron chi connectivity index (χ2n) is 8.64. The van der Waals surface area contributed by atoms with E-state index in [0.29, 0.717) is 0 Å². The Balaban J connectivity index is 1.52. The summed E-state index contributed by atoms with van der Waals surface area (Å²) in [5.41, 5.74) is 5.66. The molecule has 1 aliphatic rings. The van der Waals surface area contributed by atoms with Crippen molar-refractivity contribution in [2.45, 2.75) is 84.0 Å². The number of hydrogen-bond acceptors (Lipinski definition) is 0. The van der Waals surface area contributed by atoms with Crippen LogP contribution >= 0.6 is 0 Å². The van der Waals surface area contributed by atoms with Gasteiger partial charge in [-0.2, -0.15) is 0 Å². The number of hydrogen-bond donors (Lipinski definition) is 0. The van der Waals surface area contributed by atoms with Crippen molar-refractivity contribution < 1.29 is 0 Å². The number of rotatable bonds is 9. The minimum absolute atomic E-state index is 0.783. The highest BCUT2D eigenvalue weighted by Gasteiger charge is 2.21. The van der Waals surface area contributed by atoms with Gasteiger partial charge < -0.3 is 0 Å². The maximum atomic E-state index is 2.39. The minimum Gasteiger partial charge on any atom is -0.0917 e. The zero-order chi connectivity index (χ0) is 19.6.